The van der Waals surface area contributed by atoms with E-state index in [1.165, 1.54) is 0 Å². The SMILES string of the molecule is CCN(c1cc2occc2c(C(=O)O)c1C)[C@]1(C)CC[C@H](N(C)C)CC1. The van der Waals surface area contributed by atoms with Gasteiger partial charge in [-0.1, -0.05) is 0 Å². The summed E-state index contributed by atoms with van der Waals surface area (Å²) in [5, 5.41) is 10.4. The summed E-state index contributed by atoms with van der Waals surface area (Å²) in [6, 6.07) is 4.39. The Balaban J connectivity index is 2.03. The Morgan fingerprint density at radius 3 is 2.54 bits per heavy atom. The molecule has 0 radical (unpaired) electrons. The molecule has 0 amide bonds. The molecular weight excluding hydrogens is 328 g/mol. The zero-order valence-electron chi connectivity index (χ0n) is 16.5. The molecule has 0 bridgehead atoms. The van der Waals surface area contributed by atoms with Gasteiger partial charge in [0.15, 0.2) is 0 Å². The van der Waals surface area contributed by atoms with Gasteiger partial charge in [0.05, 0.1) is 11.8 Å². The van der Waals surface area contributed by atoms with Crippen molar-refractivity contribution in [3.63, 3.8) is 0 Å². The number of furan rings is 1. The number of benzene rings is 1. The average molecular weight is 358 g/mol. The van der Waals surface area contributed by atoms with E-state index in [9.17, 15) is 9.90 Å². The van der Waals surface area contributed by atoms with Crippen LogP contribution in [0, 0.1) is 6.92 Å². The molecule has 5 nitrogen and oxygen atoms in total. The number of anilines is 1. The summed E-state index contributed by atoms with van der Waals surface area (Å²) in [7, 11) is 4.30. The van der Waals surface area contributed by atoms with E-state index in [0.29, 0.717) is 22.6 Å². The first kappa shape index (κ1) is 18.8. The first-order valence-corrected chi connectivity index (χ1v) is 9.46. The van der Waals surface area contributed by atoms with Gasteiger partial charge in [0.25, 0.3) is 0 Å². The Kier molecular flexibility index (Phi) is 5.02. The monoisotopic (exact) mass is 358 g/mol. The molecule has 5 heteroatoms. The first-order chi connectivity index (χ1) is 12.3. The summed E-state index contributed by atoms with van der Waals surface area (Å²) >= 11 is 0. The molecule has 1 N–H and O–H groups in total. The Morgan fingerprint density at radius 2 is 2.00 bits per heavy atom. The number of carboxylic acids is 1. The van der Waals surface area contributed by atoms with Crippen molar-refractivity contribution in [2.45, 2.75) is 58.0 Å². The number of nitrogens with zero attached hydrogens (tertiary/aromatic N) is 2. The largest absolute Gasteiger partial charge is 0.478 e. The Morgan fingerprint density at radius 1 is 1.35 bits per heavy atom. The quantitative estimate of drug-likeness (QED) is 0.851. The highest BCUT2D eigenvalue weighted by atomic mass is 16.4. The van der Waals surface area contributed by atoms with E-state index >= 15 is 0 Å². The number of hydrogen-bond acceptors (Lipinski definition) is 4. The second kappa shape index (κ2) is 6.95. The highest BCUT2D eigenvalue weighted by molar-refractivity contribution is 6.05. The Bertz CT molecular complexity index is 801. The summed E-state index contributed by atoms with van der Waals surface area (Å²) in [6.45, 7) is 7.22. The van der Waals surface area contributed by atoms with Gasteiger partial charge in [-0.05, 0) is 72.2 Å². The molecule has 3 rings (SSSR count). The molecule has 1 aromatic carbocycles. The molecule has 2 aromatic rings. The maximum atomic E-state index is 11.9. The van der Waals surface area contributed by atoms with Gasteiger partial charge in [-0.3, -0.25) is 0 Å². The fourth-order valence-corrected chi connectivity index (χ4v) is 4.61. The second-order valence-corrected chi connectivity index (χ2v) is 7.97. The van der Waals surface area contributed by atoms with Crippen LogP contribution in [0.2, 0.25) is 0 Å². The lowest BCUT2D eigenvalue weighted by Crippen LogP contribution is -2.51. The van der Waals surface area contributed by atoms with E-state index in [-0.39, 0.29) is 5.54 Å². The summed E-state index contributed by atoms with van der Waals surface area (Å²) in [4.78, 5) is 16.6. The molecule has 0 saturated heterocycles. The normalized spacial score (nSPS) is 23.5. The zero-order chi connectivity index (χ0) is 19.1. The van der Waals surface area contributed by atoms with Crippen molar-refractivity contribution in [1.29, 1.82) is 0 Å². The minimum Gasteiger partial charge on any atom is -0.478 e. The minimum atomic E-state index is -0.895. The molecule has 1 saturated carbocycles. The molecule has 26 heavy (non-hydrogen) atoms. The third-order valence-corrected chi connectivity index (χ3v) is 6.23. The maximum absolute atomic E-state index is 11.9. The zero-order valence-corrected chi connectivity index (χ0v) is 16.5. The molecule has 1 heterocycles. The van der Waals surface area contributed by atoms with Gasteiger partial charge in [0.2, 0.25) is 0 Å². The molecule has 0 spiro atoms. The van der Waals surface area contributed by atoms with E-state index < -0.39 is 5.97 Å². The van der Waals surface area contributed by atoms with Crippen molar-refractivity contribution in [3.05, 3.63) is 29.5 Å². The summed E-state index contributed by atoms with van der Waals surface area (Å²) in [5.41, 5.74) is 2.84. The standard InChI is InChI=1S/C21H30N2O3/c1-6-23(21(3)10-7-15(8-11-21)22(4)5)17-13-18-16(9-12-26-18)19(14(17)2)20(24)25/h9,12-13,15H,6-8,10-11H2,1-5H3,(H,24,25)/t15-,21+. The molecule has 1 aliphatic rings. The van der Waals surface area contributed by atoms with Crippen LogP contribution in [-0.4, -0.2) is 48.2 Å². The molecule has 1 fully saturated rings. The molecule has 1 aliphatic carbocycles. The van der Waals surface area contributed by atoms with Gasteiger partial charge in [-0.25, -0.2) is 4.79 Å². The number of fused-ring (bicyclic) bond motifs is 1. The van der Waals surface area contributed by atoms with Crippen LogP contribution < -0.4 is 4.90 Å². The van der Waals surface area contributed by atoms with Gasteiger partial charge >= 0.3 is 5.97 Å². The number of hydrogen-bond donors (Lipinski definition) is 1. The molecule has 142 valence electrons. The van der Waals surface area contributed by atoms with Crippen molar-refractivity contribution in [1.82, 2.24) is 4.90 Å². The third-order valence-electron chi connectivity index (χ3n) is 6.23. The number of carboxylic acid groups (broad SMARTS) is 1. The minimum absolute atomic E-state index is 0.0298. The molecule has 0 atom stereocenters. The van der Waals surface area contributed by atoms with Gasteiger partial charge in [-0.15, -0.1) is 0 Å². The van der Waals surface area contributed by atoms with Crippen LogP contribution in [0.25, 0.3) is 11.0 Å². The Labute approximate surface area is 155 Å². The van der Waals surface area contributed by atoms with Crippen molar-refractivity contribution >= 4 is 22.6 Å². The number of aromatic carboxylic acids is 1. The molecule has 1 aromatic heterocycles. The number of carbonyl (C=O) groups is 1. The average Bonchev–Trinajstić information content (AvgIpc) is 3.03. The topological polar surface area (TPSA) is 56.9 Å². The van der Waals surface area contributed by atoms with E-state index in [4.69, 9.17) is 4.42 Å². The number of rotatable bonds is 5. The van der Waals surface area contributed by atoms with Crippen LogP contribution in [0.1, 0.15) is 55.5 Å². The van der Waals surface area contributed by atoms with Crippen molar-refractivity contribution < 1.29 is 14.3 Å². The van der Waals surface area contributed by atoms with Crippen LogP contribution in [0.5, 0.6) is 0 Å². The van der Waals surface area contributed by atoms with E-state index in [1.54, 1.807) is 12.3 Å². The lowest BCUT2D eigenvalue weighted by molar-refractivity contribution is 0.0698. The highest BCUT2D eigenvalue weighted by Crippen LogP contribution is 2.41. The van der Waals surface area contributed by atoms with Crippen molar-refractivity contribution in [2.24, 2.45) is 0 Å². The van der Waals surface area contributed by atoms with E-state index in [2.05, 4.69) is 37.7 Å². The van der Waals surface area contributed by atoms with Crippen molar-refractivity contribution in [2.75, 3.05) is 25.5 Å². The lowest BCUT2D eigenvalue weighted by atomic mass is 9.78. The predicted octanol–water partition coefficient (Wildman–Crippen LogP) is 4.53. The van der Waals surface area contributed by atoms with Crippen LogP contribution in [-0.2, 0) is 0 Å². The third kappa shape index (κ3) is 3.09. The smallest absolute Gasteiger partial charge is 0.336 e. The van der Waals surface area contributed by atoms with Gasteiger partial charge in [0, 0.05) is 35.3 Å². The summed E-state index contributed by atoms with van der Waals surface area (Å²) < 4.78 is 5.57. The van der Waals surface area contributed by atoms with Gasteiger partial charge in [0.1, 0.15) is 5.58 Å². The lowest BCUT2D eigenvalue weighted by Gasteiger charge is -2.48. The molecular formula is C21H30N2O3. The predicted molar refractivity (Wildman–Crippen MR) is 105 cm³/mol. The van der Waals surface area contributed by atoms with Crippen LogP contribution in [0.4, 0.5) is 5.69 Å². The van der Waals surface area contributed by atoms with E-state index in [0.717, 1.165) is 43.5 Å². The first-order valence-electron chi connectivity index (χ1n) is 9.46. The fraction of sp³-hybridized carbons (Fsp3) is 0.571. The van der Waals surface area contributed by atoms with Crippen molar-refractivity contribution in [3.8, 4) is 0 Å². The summed E-state index contributed by atoms with van der Waals surface area (Å²) in [6.07, 6.45) is 6.09. The van der Waals surface area contributed by atoms with Gasteiger partial charge < -0.3 is 19.3 Å². The van der Waals surface area contributed by atoms with Crippen LogP contribution in [0.15, 0.2) is 22.8 Å². The van der Waals surface area contributed by atoms with Gasteiger partial charge in [-0.2, -0.15) is 0 Å². The Hall–Kier alpha value is -2.01. The highest BCUT2D eigenvalue weighted by Gasteiger charge is 2.37. The summed E-state index contributed by atoms with van der Waals surface area (Å²) in [5.74, 6) is -0.895. The molecule has 0 aliphatic heterocycles. The van der Waals surface area contributed by atoms with E-state index in [1.807, 2.05) is 13.0 Å². The maximum Gasteiger partial charge on any atom is 0.336 e. The fourth-order valence-electron chi connectivity index (χ4n) is 4.61. The van der Waals surface area contributed by atoms with Crippen LogP contribution >= 0.6 is 0 Å². The van der Waals surface area contributed by atoms with Crippen LogP contribution in [0.3, 0.4) is 0 Å². The molecule has 0 unspecified atom stereocenters. The second-order valence-electron chi connectivity index (χ2n) is 7.97.